The monoisotopic (exact) mass is 235 g/mol. The van der Waals surface area contributed by atoms with Crippen molar-refractivity contribution in [3.8, 4) is 17.6 Å². The Balaban J connectivity index is 2.89. The molecule has 1 aromatic carbocycles. The van der Waals surface area contributed by atoms with E-state index >= 15 is 0 Å². The molecular formula is C14H18FNO. The van der Waals surface area contributed by atoms with E-state index in [1.54, 1.807) is 6.07 Å². The van der Waals surface area contributed by atoms with Crippen LogP contribution in [0.1, 0.15) is 32.3 Å². The van der Waals surface area contributed by atoms with Crippen molar-refractivity contribution in [3.63, 3.8) is 0 Å². The Kier molecular flexibility index (Phi) is 5.51. The van der Waals surface area contributed by atoms with Crippen LogP contribution in [0.15, 0.2) is 18.2 Å². The van der Waals surface area contributed by atoms with E-state index in [-0.39, 0.29) is 18.5 Å². The predicted octanol–water partition coefficient (Wildman–Crippen LogP) is 2.70. The molecule has 17 heavy (non-hydrogen) atoms. The Labute approximate surface area is 102 Å². The molecule has 2 nitrogen and oxygen atoms in total. The van der Waals surface area contributed by atoms with Crippen LogP contribution in [0, 0.1) is 17.7 Å². The van der Waals surface area contributed by atoms with Gasteiger partial charge in [0.15, 0.2) is 0 Å². The lowest BCUT2D eigenvalue weighted by molar-refractivity contribution is 0.192. The van der Waals surface area contributed by atoms with E-state index in [2.05, 4.69) is 11.8 Å². The first-order chi connectivity index (χ1) is 8.19. The van der Waals surface area contributed by atoms with Crippen molar-refractivity contribution in [2.75, 3.05) is 6.54 Å². The molecule has 3 heteroatoms. The largest absolute Gasteiger partial charge is 0.490 e. The standard InChI is InChI=1S/C14H18FNO/c1-3-13(4-2)17-14-9-11(6-5-7-16)8-12(15)10-14/h8-10,13H,3-4,7,16H2,1-2H3. The molecule has 0 atom stereocenters. The molecule has 0 aliphatic rings. The van der Waals surface area contributed by atoms with Crippen LogP contribution >= 0.6 is 0 Å². The van der Waals surface area contributed by atoms with Crippen LogP contribution in [-0.2, 0) is 0 Å². The topological polar surface area (TPSA) is 35.2 Å². The molecule has 0 heterocycles. The zero-order valence-corrected chi connectivity index (χ0v) is 10.3. The van der Waals surface area contributed by atoms with Crippen LogP contribution in [0.4, 0.5) is 4.39 Å². The summed E-state index contributed by atoms with van der Waals surface area (Å²) in [7, 11) is 0. The van der Waals surface area contributed by atoms with Crippen LogP contribution in [0.3, 0.4) is 0 Å². The molecule has 0 saturated heterocycles. The Bertz CT molecular complexity index is 416. The first kappa shape index (κ1) is 13.5. The minimum atomic E-state index is -0.338. The third kappa shape index (κ3) is 4.46. The van der Waals surface area contributed by atoms with Crippen molar-refractivity contribution in [1.82, 2.24) is 0 Å². The first-order valence-electron chi connectivity index (χ1n) is 5.85. The summed E-state index contributed by atoms with van der Waals surface area (Å²) < 4.78 is 19.0. The number of hydrogen-bond acceptors (Lipinski definition) is 2. The molecular weight excluding hydrogens is 217 g/mol. The number of halogens is 1. The van der Waals surface area contributed by atoms with Gasteiger partial charge in [-0.15, -0.1) is 0 Å². The van der Waals surface area contributed by atoms with Crippen LogP contribution < -0.4 is 10.5 Å². The fourth-order valence-corrected chi connectivity index (χ4v) is 1.50. The van der Waals surface area contributed by atoms with E-state index in [4.69, 9.17) is 10.5 Å². The number of hydrogen-bond donors (Lipinski definition) is 1. The van der Waals surface area contributed by atoms with E-state index in [1.165, 1.54) is 12.1 Å². The summed E-state index contributed by atoms with van der Waals surface area (Å²) in [6.45, 7) is 4.35. The van der Waals surface area contributed by atoms with Gasteiger partial charge in [0.05, 0.1) is 12.6 Å². The summed E-state index contributed by atoms with van der Waals surface area (Å²) in [5, 5.41) is 0. The molecule has 0 aromatic heterocycles. The average Bonchev–Trinajstić information content (AvgIpc) is 2.32. The van der Waals surface area contributed by atoms with Crippen LogP contribution in [0.2, 0.25) is 0 Å². The smallest absolute Gasteiger partial charge is 0.128 e. The highest BCUT2D eigenvalue weighted by atomic mass is 19.1. The molecule has 0 aliphatic carbocycles. The molecule has 1 rings (SSSR count). The lowest BCUT2D eigenvalue weighted by atomic mass is 10.2. The zero-order chi connectivity index (χ0) is 12.7. The van der Waals surface area contributed by atoms with Gasteiger partial charge in [-0.05, 0) is 25.0 Å². The highest BCUT2D eigenvalue weighted by Crippen LogP contribution is 2.19. The van der Waals surface area contributed by atoms with Crippen molar-refractivity contribution < 1.29 is 9.13 Å². The minimum Gasteiger partial charge on any atom is -0.490 e. The number of ether oxygens (including phenoxy) is 1. The maximum atomic E-state index is 13.3. The van der Waals surface area contributed by atoms with Gasteiger partial charge in [0, 0.05) is 11.6 Å². The second-order valence-corrected chi connectivity index (χ2v) is 3.74. The Morgan fingerprint density at radius 3 is 2.59 bits per heavy atom. The van der Waals surface area contributed by atoms with Crippen molar-refractivity contribution in [2.24, 2.45) is 5.73 Å². The minimum absolute atomic E-state index is 0.118. The fourth-order valence-electron chi connectivity index (χ4n) is 1.50. The predicted molar refractivity (Wildman–Crippen MR) is 67.3 cm³/mol. The van der Waals surface area contributed by atoms with Gasteiger partial charge < -0.3 is 10.5 Å². The highest BCUT2D eigenvalue weighted by Gasteiger charge is 2.07. The van der Waals surface area contributed by atoms with Gasteiger partial charge in [0.25, 0.3) is 0 Å². The van der Waals surface area contributed by atoms with E-state index in [0.29, 0.717) is 11.3 Å². The van der Waals surface area contributed by atoms with Gasteiger partial charge in [-0.3, -0.25) is 0 Å². The van der Waals surface area contributed by atoms with Crippen molar-refractivity contribution in [2.45, 2.75) is 32.8 Å². The van der Waals surface area contributed by atoms with E-state index < -0.39 is 0 Å². The van der Waals surface area contributed by atoms with Gasteiger partial charge in [-0.1, -0.05) is 25.7 Å². The number of rotatable bonds is 4. The third-order valence-corrected chi connectivity index (χ3v) is 2.42. The highest BCUT2D eigenvalue weighted by molar-refractivity contribution is 5.40. The lowest BCUT2D eigenvalue weighted by Gasteiger charge is -2.15. The molecule has 92 valence electrons. The second kappa shape index (κ2) is 6.93. The van der Waals surface area contributed by atoms with Crippen molar-refractivity contribution in [3.05, 3.63) is 29.6 Å². The second-order valence-electron chi connectivity index (χ2n) is 3.74. The molecule has 0 unspecified atom stereocenters. The maximum absolute atomic E-state index is 13.3. The summed E-state index contributed by atoms with van der Waals surface area (Å²) >= 11 is 0. The SMILES string of the molecule is CCC(CC)Oc1cc(F)cc(C#CCN)c1. The molecule has 0 spiro atoms. The first-order valence-corrected chi connectivity index (χ1v) is 5.85. The molecule has 0 bridgehead atoms. The van der Waals surface area contributed by atoms with Crippen LogP contribution in [0.25, 0.3) is 0 Å². The van der Waals surface area contributed by atoms with Gasteiger partial charge >= 0.3 is 0 Å². The summed E-state index contributed by atoms with van der Waals surface area (Å²) in [6.07, 6.45) is 1.92. The molecule has 0 aliphatic heterocycles. The quantitative estimate of drug-likeness (QED) is 0.814. The molecule has 0 amide bonds. The van der Waals surface area contributed by atoms with E-state index in [9.17, 15) is 4.39 Å². The van der Waals surface area contributed by atoms with Gasteiger partial charge in [0.2, 0.25) is 0 Å². The van der Waals surface area contributed by atoms with Gasteiger partial charge in [-0.2, -0.15) is 0 Å². The van der Waals surface area contributed by atoms with Crippen molar-refractivity contribution in [1.29, 1.82) is 0 Å². The Morgan fingerprint density at radius 2 is 2.00 bits per heavy atom. The molecule has 0 saturated carbocycles. The average molecular weight is 235 g/mol. The maximum Gasteiger partial charge on any atom is 0.128 e. The number of nitrogens with two attached hydrogens (primary N) is 1. The Morgan fingerprint density at radius 1 is 1.29 bits per heavy atom. The normalized spacial score (nSPS) is 9.94. The number of benzene rings is 1. The van der Waals surface area contributed by atoms with E-state index in [1.807, 2.05) is 13.8 Å². The third-order valence-electron chi connectivity index (χ3n) is 2.42. The van der Waals surface area contributed by atoms with Crippen LogP contribution in [-0.4, -0.2) is 12.6 Å². The summed E-state index contributed by atoms with van der Waals surface area (Å²) in [6, 6.07) is 4.50. The molecule has 2 N–H and O–H groups in total. The van der Waals surface area contributed by atoms with Crippen molar-refractivity contribution >= 4 is 0 Å². The van der Waals surface area contributed by atoms with Crippen LogP contribution in [0.5, 0.6) is 5.75 Å². The summed E-state index contributed by atoms with van der Waals surface area (Å²) in [5.41, 5.74) is 5.87. The summed E-state index contributed by atoms with van der Waals surface area (Å²) in [4.78, 5) is 0. The van der Waals surface area contributed by atoms with Gasteiger partial charge in [0.1, 0.15) is 11.6 Å². The fraction of sp³-hybridized carbons (Fsp3) is 0.429. The van der Waals surface area contributed by atoms with Gasteiger partial charge in [-0.25, -0.2) is 4.39 Å². The van der Waals surface area contributed by atoms with E-state index in [0.717, 1.165) is 12.8 Å². The zero-order valence-electron chi connectivity index (χ0n) is 10.3. The lowest BCUT2D eigenvalue weighted by Crippen LogP contribution is -2.13. The molecule has 0 radical (unpaired) electrons. The Hall–Kier alpha value is -1.53. The molecule has 1 aromatic rings. The summed E-state index contributed by atoms with van der Waals surface area (Å²) in [5.74, 6) is 5.69. The molecule has 0 fully saturated rings.